The van der Waals surface area contributed by atoms with E-state index in [-0.39, 0.29) is 5.91 Å². The van der Waals surface area contributed by atoms with Crippen LogP contribution in [0, 0.1) is 6.92 Å². The van der Waals surface area contributed by atoms with E-state index in [0.29, 0.717) is 6.42 Å². The number of anilines is 3. The van der Waals surface area contributed by atoms with E-state index in [0.717, 1.165) is 39.7 Å². The lowest BCUT2D eigenvalue weighted by Crippen LogP contribution is -2.22. The van der Waals surface area contributed by atoms with E-state index in [2.05, 4.69) is 34.3 Å². The number of fused-ring (bicyclic) bond motifs is 1. The Morgan fingerprint density at radius 1 is 1.22 bits per heavy atom. The molecule has 1 aromatic carbocycles. The number of benzene rings is 1. The standard InChI is InChI=1S/C17H16N4OS/c1-11-4-6-12(7-5-11)20-16-13-9-15(21-8-2-3-14(21)22)23-17(13)19-10-18-16/h4-7,9-10H,2-3,8H2,1H3,(H,18,19,20). The molecular formula is C17H16N4OS. The highest BCUT2D eigenvalue weighted by molar-refractivity contribution is 7.22. The van der Waals surface area contributed by atoms with Crippen LogP contribution in [-0.2, 0) is 4.79 Å². The molecule has 0 atom stereocenters. The smallest absolute Gasteiger partial charge is 0.227 e. The van der Waals surface area contributed by atoms with Gasteiger partial charge in [-0.2, -0.15) is 0 Å². The van der Waals surface area contributed by atoms with Gasteiger partial charge in [-0.25, -0.2) is 9.97 Å². The van der Waals surface area contributed by atoms with Gasteiger partial charge in [-0.3, -0.25) is 4.79 Å². The van der Waals surface area contributed by atoms with Crippen molar-refractivity contribution in [2.45, 2.75) is 19.8 Å². The van der Waals surface area contributed by atoms with Crippen LogP contribution in [0.25, 0.3) is 10.2 Å². The second-order valence-electron chi connectivity index (χ2n) is 5.67. The van der Waals surface area contributed by atoms with E-state index in [1.165, 1.54) is 16.9 Å². The third kappa shape index (κ3) is 2.66. The van der Waals surface area contributed by atoms with Gasteiger partial charge in [-0.1, -0.05) is 29.0 Å². The lowest BCUT2D eigenvalue weighted by molar-refractivity contribution is -0.117. The van der Waals surface area contributed by atoms with Crippen molar-refractivity contribution in [2.24, 2.45) is 0 Å². The minimum absolute atomic E-state index is 0.192. The van der Waals surface area contributed by atoms with Crippen LogP contribution in [0.1, 0.15) is 18.4 Å². The molecule has 1 saturated heterocycles. The fraction of sp³-hybridized carbons (Fsp3) is 0.235. The average Bonchev–Trinajstić information content (AvgIpc) is 3.15. The average molecular weight is 324 g/mol. The predicted octanol–water partition coefficient (Wildman–Crippen LogP) is 3.87. The first-order valence-corrected chi connectivity index (χ1v) is 8.41. The van der Waals surface area contributed by atoms with Gasteiger partial charge in [0.05, 0.1) is 5.39 Å². The zero-order valence-electron chi connectivity index (χ0n) is 12.7. The van der Waals surface area contributed by atoms with E-state index >= 15 is 0 Å². The normalized spacial score (nSPS) is 14.7. The Bertz CT molecular complexity index is 872. The second kappa shape index (κ2) is 5.62. The third-order valence-electron chi connectivity index (χ3n) is 3.97. The number of amides is 1. The summed E-state index contributed by atoms with van der Waals surface area (Å²) in [5.74, 6) is 0.963. The Balaban J connectivity index is 1.71. The minimum Gasteiger partial charge on any atom is -0.340 e. The summed E-state index contributed by atoms with van der Waals surface area (Å²) < 4.78 is 0. The van der Waals surface area contributed by atoms with Gasteiger partial charge in [0.1, 0.15) is 22.0 Å². The molecular weight excluding hydrogens is 308 g/mol. The van der Waals surface area contributed by atoms with E-state index < -0.39 is 0 Å². The molecule has 116 valence electrons. The first-order chi connectivity index (χ1) is 11.2. The van der Waals surface area contributed by atoms with Crippen molar-refractivity contribution in [3.05, 3.63) is 42.2 Å². The monoisotopic (exact) mass is 324 g/mol. The molecule has 1 amide bonds. The van der Waals surface area contributed by atoms with Gasteiger partial charge < -0.3 is 10.2 Å². The molecule has 6 heteroatoms. The molecule has 1 aliphatic rings. The zero-order valence-corrected chi connectivity index (χ0v) is 13.6. The summed E-state index contributed by atoms with van der Waals surface area (Å²) in [5.41, 5.74) is 2.20. The number of nitrogens with zero attached hydrogens (tertiary/aromatic N) is 3. The molecule has 0 aliphatic carbocycles. The highest BCUT2D eigenvalue weighted by atomic mass is 32.1. The molecule has 3 heterocycles. The van der Waals surface area contributed by atoms with E-state index in [4.69, 9.17) is 0 Å². The second-order valence-corrected chi connectivity index (χ2v) is 6.67. The zero-order chi connectivity index (χ0) is 15.8. The number of carbonyl (C=O) groups excluding carboxylic acids is 1. The third-order valence-corrected chi connectivity index (χ3v) is 5.04. The van der Waals surface area contributed by atoms with Crippen molar-refractivity contribution in [2.75, 3.05) is 16.8 Å². The number of hydrogen-bond acceptors (Lipinski definition) is 5. The van der Waals surface area contributed by atoms with Crippen LogP contribution in [-0.4, -0.2) is 22.4 Å². The summed E-state index contributed by atoms with van der Waals surface area (Å²) in [6, 6.07) is 10.2. The van der Waals surface area contributed by atoms with E-state index in [1.54, 1.807) is 6.33 Å². The van der Waals surface area contributed by atoms with Crippen LogP contribution in [0.4, 0.5) is 16.5 Å². The molecule has 4 rings (SSSR count). The molecule has 0 saturated carbocycles. The van der Waals surface area contributed by atoms with E-state index in [1.807, 2.05) is 23.1 Å². The summed E-state index contributed by atoms with van der Waals surface area (Å²) in [6.45, 7) is 2.85. The molecule has 5 nitrogen and oxygen atoms in total. The van der Waals surface area contributed by atoms with Crippen molar-refractivity contribution in [3.63, 3.8) is 0 Å². The Morgan fingerprint density at radius 2 is 2.04 bits per heavy atom. The van der Waals surface area contributed by atoms with Gasteiger partial charge in [0.25, 0.3) is 0 Å². The molecule has 1 N–H and O–H groups in total. The molecule has 1 fully saturated rings. The lowest BCUT2D eigenvalue weighted by atomic mass is 10.2. The number of nitrogens with one attached hydrogen (secondary N) is 1. The molecule has 23 heavy (non-hydrogen) atoms. The van der Waals surface area contributed by atoms with Crippen molar-refractivity contribution in [1.29, 1.82) is 0 Å². The molecule has 0 spiro atoms. The largest absolute Gasteiger partial charge is 0.340 e. The summed E-state index contributed by atoms with van der Waals surface area (Å²) in [6.07, 6.45) is 3.12. The van der Waals surface area contributed by atoms with Gasteiger partial charge in [0.15, 0.2) is 0 Å². The van der Waals surface area contributed by atoms with Crippen molar-refractivity contribution < 1.29 is 4.79 Å². The van der Waals surface area contributed by atoms with Crippen LogP contribution in [0.2, 0.25) is 0 Å². The maximum atomic E-state index is 11.9. The molecule has 3 aromatic rings. The number of aromatic nitrogens is 2. The van der Waals surface area contributed by atoms with Gasteiger partial charge in [0.2, 0.25) is 5.91 Å². The molecule has 0 radical (unpaired) electrons. The fourth-order valence-corrected chi connectivity index (χ4v) is 3.77. The highest BCUT2D eigenvalue weighted by Gasteiger charge is 2.24. The van der Waals surface area contributed by atoms with Crippen LogP contribution in [0.15, 0.2) is 36.7 Å². The summed E-state index contributed by atoms with van der Waals surface area (Å²) in [4.78, 5) is 23.4. The number of rotatable bonds is 3. The number of aryl methyl sites for hydroxylation is 1. The minimum atomic E-state index is 0.192. The molecule has 0 bridgehead atoms. The number of hydrogen-bond donors (Lipinski definition) is 1. The van der Waals surface area contributed by atoms with Crippen molar-refractivity contribution >= 4 is 44.0 Å². The Hall–Kier alpha value is -2.47. The van der Waals surface area contributed by atoms with Crippen LogP contribution < -0.4 is 10.2 Å². The maximum Gasteiger partial charge on any atom is 0.227 e. The predicted molar refractivity (Wildman–Crippen MR) is 93.5 cm³/mol. The van der Waals surface area contributed by atoms with Crippen molar-refractivity contribution in [1.82, 2.24) is 9.97 Å². The summed E-state index contributed by atoms with van der Waals surface area (Å²) >= 11 is 1.54. The Kier molecular flexibility index (Phi) is 3.46. The number of carbonyl (C=O) groups is 1. The first-order valence-electron chi connectivity index (χ1n) is 7.59. The van der Waals surface area contributed by atoms with Crippen LogP contribution in [0.3, 0.4) is 0 Å². The van der Waals surface area contributed by atoms with Crippen LogP contribution >= 0.6 is 11.3 Å². The van der Waals surface area contributed by atoms with Gasteiger partial charge in [0, 0.05) is 18.7 Å². The van der Waals surface area contributed by atoms with Gasteiger partial charge in [-0.15, -0.1) is 0 Å². The molecule has 0 unspecified atom stereocenters. The first kappa shape index (κ1) is 14.1. The quantitative estimate of drug-likeness (QED) is 0.794. The molecule has 2 aromatic heterocycles. The SMILES string of the molecule is Cc1ccc(Nc2ncnc3sc(N4CCCC4=O)cc23)cc1. The van der Waals surface area contributed by atoms with Gasteiger partial charge in [-0.05, 0) is 31.5 Å². The maximum absolute atomic E-state index is 11.9. The molecule has 1 aliphatic heterocycles. The topological polar surface area (TPSA) is 58.1 Å². The number of thiophene rings is 1. The van der Waals surface area contributed by atoms with Crippen LogP contribution in [0.5, 0.6) is 0 Å². The Morgan fingerprint density at radius 3 is 2.78 bits per heavy atom. The lowest BCUT2D eigenvalue weighted by Gasteiger charge is -2.11. The fourth-order valence-electron chi connectivity index (χ4n) is 2.73. The van der Waals surface area contributed by atoms with Crippen molar-refractivity contribution in [3.8, 4) is 0 Å². The van der Waals surface area contributed by atoms with Gasteiger partial charge >= 0.3 is 0 Å². The highest BCUT2D eigenvalue weighted by Crippen LogP contribution is 2.36. The summed E-state index contributed by atoms with van der Waals surface area (Å²) in [5, 5.41) is 5.25. The summed E-state index contributed by atoms with van der Waals surface area (Å²) in [7, 11) is 0. The van der Waals surface area contributed by atoms with E-state index in [9.17, 15) is 4.79 Å². The Labute approximate surface area is 138 Å².